The topological polar surface area (TPSA) is 20.2 Å². The summed E-state index contributed by atoms with van der Waals surface area (Å²) in [6.45, 7) is 0. The summed E-state index contributed by atoms with van der Waals surface area (Å²) in [7, 11) is 0. The van der Waals surface area contributed by atoms with Crippen LogP contribution in [0.2, 0.25) is 0 Å². The predicted octanol–water partition coefficient (Wildman–Crippen LogP) is 0.0925. The van der Waals surface area contributed by atoms with Crippen molar-refractivity contribution in [3.05, 3.63) is 23.2 Å². The fraction of sp³-hybridized carbons (Fsp3) is 0.200. The van der Waals surface area contributed by atoms with Gasteiger partial charge in [-0.15, -0.1) is 0 Å². The fourth-order valence-electron chi connectivity index (χ4n) is 0.376. The molecule has 2 heteroatoms. The molecule has 1 heterocycles. The summed E-state index contributed by atoms with van der Waals surface area (Å²) in [5, 5.41) is 8.63. The van der Waals surface area contributed by atoms with Crippen LogP contribution in [0.1, 0.15) is 0 Å². The van der Waals surface area contributed by atoms with Gasteiger partial charge in [-0.1, -0.05) is 0 Å². The Hall–Kier alpha value is -0.0405. The maximum atomic E-state index is 8.80. The van der Waals surface area contributed by atoms with Gasteiger partial charge in [-0.2, -0.15) is 0 Å². The third-order valence-corrected chi connectivity index (χ3v) is 2.26. The molecular weight excluding hydrogens is 155 g/mol. The van der Waals surface area contributed by atoms with Crippen LogP contribution < -0.4 is 0 Å². The number of allylic oxidation sites excluding steroid dienone is 2. The Labute approximate surface area is 48.9 Å². The van der Waals surface area contributed by atoms with E-state index in [0.717, 1.165) is 0 Å². The molecule has 0 bridgehead atoms. The first-order valence-corrected chi connectivity index (χ1v) is 4.04. The second-order valence-electron chi connectivity index (χ2n) is 1.24. The molecule has 0 saturated carbocycles. The van der Waals surface area contributed by atoms with Crippen molar-refractivity contribution in [2.24, 2.45) is 0 Å². The number of rotatable bonds is 0. The molecule has 0 fully saturated rings. The SMILES string of the molecule is OC1C=CC=C[Se]1. The van der Waals surface area contributed by atoms with E-state index < -0.39 is 0 Å². The van der Waals surface area contributed by atoms with E-state index in [0.29, 0.717) is 15.0 Å². The van der Waals surface area contributed by atoms with E-state index in [1.807, 2.05) is 17.1 Å². The zero-order valence-corrected chi connectivity index (χ0v) is 5.46. The second kappa shape index (κ2) is 2.31. The third kappa shape index (κ3) is 1.47. The molecule has 1 nitrogen and oxygen atoms in total. The summed E-state index contributed by atoms with van der Waals surface area (Å²) in [6, 6.07) is 0. The summed E-state index contributed by atoms with van der Waals surface area (Å²) >= 11 is 0.300. The average molecular weight is 161 g/mol. The normalized spacial score (nSPS) is 28.4. The zero-order chi connectivity index (χ0) is 5.11. The average Bonchev–Trinajstić information content (AvgIpc) is 1.69. The molecule has 1 rings (SSSR count). The van der Waals surface area contributed by atoms with Crippen LogP contribution in [0.4, 0.5) is 0 Å². The Morgan fingerprint density at radius 3 is 2.57 bits per heavy atom. The molecule has 38 valence electrons. The molecule has 0 spiro atoms. The minimum atomic E-state index is -0.169. The van der Waals surface area contributed by atoms with E-state index in [4.69, 9.17) is 5.11 Å². The van der Waals surface area contributed by atoms with Crippen molar-refractivity contribution in [2.45, 2.75) is 5.00 Å². The molecule has 0 aliphatic carbocycles. The van der Waals surface area contributed by atoms with Crippen molar-refractivity contribution in [3.63, 3.8) is 0 Å². The summed E-state index contributed by atoms with van der Waals surface area (Å²) in [5.41, 5.74) is 0. The Balaban J connectivity index is 2.49. The fourth-order valence-corrected chi connectivity index (χ4v) is 1.47. The van der Waals surface area contributed by atoms with E-state index >= 15 is 0 Å². The van der Waals surface area contributed by atoms with Gasteiger partial charge < -0.3 is 0 Å². The van der Waals surface area contributed by atoms with E-state index in [-0.39, 0.29) is 5.00 Å². The molecule has 0 radical (unpaired) electrons. The van der Waals surface area contributed by atoms with Gasteiger partial charge in [0.2, 0.25) is 0 Å². The predicted molar refractivity (Wildman–Crippen MR) is 30.0 cm³/mol. The van der Waals surface area contributed by atoms with Crippen LogP contribution in [0.3, 0.4) is 0 Å². The third-order valence-electron chi connectivity index (χ3n) is 0.683. The van der Waals surface area contributed by atoms with Gasteiger partial charge in [-0.05, 0) is 0 Å². The van der Waals surface area contributed by atoms with Crippen LogP contribution in [0.5, 0.6) is 0 Å². The van der Waals surface area contributed by atoms with Gasteiger partial charge in [0.25, 0.3) is 0 Å². The van der Waals surface area contributed by atoms with Gasteiger partial charge in [0.1, 0.15) is 0 Å². The van der Waals surface area contributed by atoms with Crippen molar-refractivity contribution in [1.82, 2.24) is 0 Å². The Morgan fingerprint density at radius 2 is 2.29 bits per heavy atom. The molecule has 1 N–H and O–H groups in total. The number of aliphatic hydroxyl groups is 1. The van der Waals surface area contributed by atoms with E-state index in [1.54, 1.807) is 6.08 Å². The van der Waals surface area contributed by atoms with Crippen molar-refractivity contribution in [2.75, 3.05) is 0 Å². The Kier molecular flexibility index (Phi) is 1.69. The first-order valence-electron chi connectivity index (χ1n) is 2.06. The van der Waals surface area contributed by atoms with Gasteiger partial charge in [0, 0.05) is 0 Å². The first-order chi connectivity index (χ1) is 3.39. The standard InChI is InChI=1S/C5H6OSe/c6-5-3-1-2-4-7-5/h1-6H. The molecule has 0 amide bonds. The van der Waals surface area contributed by atoms with Crippen LogP contribution in [0, 0.1) is 0 Å². The second-order valence-corrected chi connectivity index (χ2v) is 3.40. The van der Waals surface area contributed by atoms with E-state index in [9.17, 15) is 0 Å². The molecule has 0 saturated heterocycles. The van der Waals surface area contributed by atoms with Gasteiger partial charge in [0.15, 0.2) is 0 Å². The number of aliphatic hydroxyl groups excluding tert-OH is 1. The van der Waals surface area contributed by atoms with Crippen molar-refractivity contribution >= 4 is 15.0 Å². The van der Waals surface area contributed by atoms with Crippen LogP contribution in [-0.4, -0.2) is 25.1 Å². The molecule has 1 unspecified atom stereocenters. The zero-order valence-electron chi connectivity index (χ0n) is 3.74. The molecule has 1 aliphatic rings. The van der Waals surface area contributed by atoms with Crippen molar-refractivity contribution < 1.29 is 5.11 Å². The molecule has 0 aromatic rings. The monoisotopic (exact) mass is 162 g/mol. The van der Waals surface area contributed by atoms with Gasteiger partial charge >= 0.3 is 48.3 Å². The van der Waals surface area contributed by atoms with Crippen molar-refractivity contribution in [3.8, 4) is 0 Å². The number of hydrogen-bond donors (Lipinski definition) is 1. The Morgan fingerprint density at radius 1 is 1.43 bits per heavy atom. The maximum absolute atomic E-state index is 8.80. The molecule has 0 aromatic carbocycles. The van der Waals surface area contributed by atoms with E-state index in [1.165, 1.54) is 0 Å². The van der Waals surface area contributed by atoms with Crippen LogP contribution in [0.15, 0.2) is 23.2 Å². The minimum absolute atomic E-state index is 0.169. The molecular formula is C5H6OSe. The molecule has 1 aliphatic heterocycles. The van der Waals surface area contributed by atoms with Gasteiger partial charge in [-0.25, -0.2) is 0 Å². The first kappa shape index (κ1) is 5.10. The molecule has 1 atom stereocenters. The van der Waals surface area contributed by atoms with E-state index in [2.05, 4.69) is 0 Å². The van der Waals surface area contributed by atoms with Crippen LogP contribution in [-0.2, 0) is 0 Å². The number of hydrogen-bond acceptors (Lipinski definition) is 1. The van der Waals surface area contributed by atoms with Crippen LogP contribution in [0.25, 0.3) is 0 Å². The summed E-state index contributed by atoms with van der Waals surface area (Å²) in [6.07, 6.45) is 5.64. The summed E-state index contributed by atoms with van der Waals surface area (Å²) in [5.74, 6) is 0. The van der Waals surface area contributed by atoms with Gasteiger partial charge in [0.05, 0.1) is 0 Å². The van der Waals surface area contributed by atoms with Crippen molar-refractivity contribution in [1.29, 1.82) is 0 Å². The van der Waals surface area contributed by atoms with Gasteiger partial charge in [-0.3, -0.25) is 0 Å². The summed E-state index contributed by atoms with van der Waals surface area (Å²) in [4.78, 5) is 2.01. The quantitative estimate of drug-likeness (QED) is 0.499. The molecule has 7 heavy (non-hydrogen) atoms. The van der Waals surface area contributed by atoms with Crippen LogP contribution >= 0.6 is 0 Å². The molecule has 0 aromatic heterocycles. The Bertz CT molecular complexity index is 107. The summed E-state index contributed by atoms with van der Waals surface area (Å²) < 4.78 is 0.